The highest BCUT2D eigenvalue weighted by atomic mass is 19.1. The van der Waals surface area contributed by atoms with Gasteiger partial charge in [-0.3, -0.25) is 14.6 Å². The molecule has 0 bridgehead atoms. The van der Waals surface area contributed by atoms with Crippen molar-refractivity contribution < 1.29 is 19.1 Å². The Morgan fingerprint density at radius 2 is 1.91 bits per heavy atom. The van der Waals surface area contributed by atoms with Crippen molar-refractivity contribution in [1.29, 1.82) is 0 Å². The average Bonchev–Trinajstić information content (AvgIpc) is 3.35. The minimum Gasteiger partial charge on any atom is -0.507 e. The number of ketones is 1. The summed E-state index contributed by atoms with van der Waals surface area (Å²) >= 11 is 0. The number of Topliss-reactive ketones (excluding diaryl/α,β-unsaturated/α-hetero) is 1. The molecular weight excluding hydrogens is 421 g/mol. The number of aliphatic hydroxyl groups is 1. The molecule has 6 nitrogen and oxygen atoms in total. The maximum absolute atomic E-state index is 13.8. The molecule has 0 radical (unpaired) electrons. The van der Waals surface area contributed by atoms with Gasteiger partial charge in [-0.05, 0) is 48.9 Å². The monoisotopic (exact) mass is 441 g/mol. The van der Waals surface area contributed by atoms with Crippen molar-refractivity contribution >= 4 is 28.4 Å². The average molecular weight is 441 g/mol. The lowest BCUT2D eigenvalue weighted by atomic mass is 9.94. The molecule has 0 aliphatic carbocycles. The molecule has 33 heavy (non-hydrogen) atoms. The van der Waals surface area contributed by atoms with Crippen LogP contribution in [0.2, 0.25) is 0 Å². The third kappa shape index (κ3) is 3.47. The van der Waals surface area contributed by atoms with Crippen LogP contribution in [-0.4, -0.2) is 31.7 Å². The second-order valence-electron chi connectivity index (χ2n) is 8.00. The molecule has 2 aromatic heterocycles. The Labute approximate surface area is 189 Å². The second kappa shape index (κ2) is 8.02. The Balaban J connectivity index is 1.72. The number of benzene rings is 2. The number of halogens is 1. The van der Waals surface area contributed by atoms with E-state index in [-0.39, 0.29) is 23.4 Å². The predicted molar refractivity (Wildman–Crippen MR) is 122 cm³/mol. The van der Waals surface area contributed by atoms with Crippen molar-refractivity contribution in [3.63, 3.8) is 0 Å². The number of hydrogen-bond donors (Lipinski definition) is 2. The highest BCUT2D eigenvalue weighted by molar-refractivity contribution is 6.46. The summed E-state index contributed by atoms with van der Waals surface area (Å²) in [5.41, 5.74) is 2.70. The summed E-state index contributed by atoms with van der Waals surface area (Å²) < 4.78 is 13.8. The molecule has 0 spiro atoms. The first kappa shape index (κ1) is 20.6. The number of carbonyl (C=O) groups is 2. The molecule has 1 amide bonds. The number of nitrogens with one attached hydrogen (secondary N) is 1. The topological polar surface area (TPSA) is 86.3 Å². The summed E-state index contributed by atoms with van der Waals surface area (Å²) in [5, 5.41) is 12.0. The number of carbonyl (C=O) groups excluding carboxylic acids is 2. The van der Waals surface area contributed by atoms with E-state index < -0.39 is 23.5 Å². The van der Waals surface area contributed by atoms with E-state index in [4.69, 9.17) is 0 Å². The predicted octanol–water partition coefficient (Wildman–Crippen LogP) is 4.63. The normalized spacial score (nSPS) is 17.8. The van der Waals surface area contributed by atoms with Crippen molar-refractivity contribution in [2.45, 2.75) is 19.5 Å². The van der Waals surface area contributed by atoms with E-state index in [0.717, 1.165) is 10.9 Å². The number of fused-ring (bicyclic) bond motifs is 1. The number of aliphatic hydroxyl groups excluding tert-OH is 1. The molecule has 5 rings (SSSR count). The fourth-order valence-corrected chi connectivity index (χ4v) is 4.30. The molecule has 1 aliphatic rings. The number of likely N-dealkylation sites (tertiary alicyclic amines) is 1. The van der Waals surface area contributed by atoms with Gasteiger partial charge in [0.1, 0.15) is 11.6 Å². The van der Waals surface area contributed by atoms with Crippen LogP contribution in [-0.2, 0) is 16.1 Å². The Kier molecular flexibility index (Phi) is 5.01. The number of aromatic nitrogens is 2. The third-order valence-corrected chi connectivity index (χ3v) is 5.95. The smallest absolute Gasteiger partial charge is 0.296 e. The van der Waals surface area contributed by atoms with Crippen LogP contribution in [0.25, 0.3) is 16.7 Å². The minimum absolute atomic E-state index is 0.0355. The number of aromatic amines is 1. The number of aryl methyl sites for hydroxylation is 1. The highest BCUT2D eigenvalue weighted by Gasteiger charge is 2.47. The number of nitrogens with zero attached hydrogens (tertiary/aromatic N) is 2. The number of amides is 1. The first-order chi connectivity index (χ1) is 16.0. The van der Waals surface area contributed by atoms with E-state index >= 15 is 0 Å². The lowest BCUT2D eigenvalue weighted by Gasteiger charge is -2.24. The zero-order valence-corrected chi connectivity index (χ0v) is 17.7. The molecular formula is C26H20FN3O3. The van der Waals surface area contributed by atoms with Crippen LogP contribution in [0.4, 0.5) is 4.39 Å². The second-order valence-corrected chi connectivity index (χ2v) is 8.00. The van der Waals surface area contributed by atoms with Crippen molar-refractivity contribution in [3.8, 4) is 0 Å². The number of hydrogen-bond acceptors (Lipinski definition) is 4. The molecule has 1 aliphatic heterocycles. The number of H-pyrrole nitrogens is 1. The Morgan fingerprint density at radius 1 is 1.12 bits per heavy atom. The Morgan fingerprint density at radius 3 is 2.67 bits per heavy atom. The van der Waals surface area contributed by atoms with Crippen LogP contribution in [0.1, 0.15) is 28.4 Å². The molecule has 0 saturated carbocycles. The number of pyridine rings is 1. The van der Waals surface area contributed by atoms with Crippen LogP contribution >= 0.6 is 0 Å². The van der Waals surface area contributed by atoms with Gasteiger partial charge < -0.3 is 15.0 Å². The fraction of sp³-hybridized carbons (Fsp3) is 0.115. The zero-order valence-electron chi connectivity index (χ0n) is 17.7. The van der Waals surface area contributed by atoms with Gasteiger partial charge in [0.2, 0.25) is 0 Å². The molecule has 3 heterocycles. The van der Waals surface area contributed by atoms with E-state index in [0.29, 0.717) is 16.8 Å². The molecule has 1 fully saturated rings. The van der Waals surface area contributed by atoms with Crippen LogP contribution in [0.5, 0.6) is 0 Å². The third-order valence-electron chi connectivity index (χ3n) is 5.95. The van der Waals surface area contributed by atoms with Crippen molar-refractivity contribution in [2.75, 3.05) is 0 Å². The lowest BCUT2D eigenvalue weighted by Crippen LogP contribution is -2.29. The van der Waals surface area contributed by atoms with Gasteiger partial charge in [0.15, 0.2) is 0 Å². The molecule has 2 N–H and O–H groups in total. The fourth-order valence-electron chi connectivity index (χ4n) is 4.30. The summed E-state index contributed by atoms with van der Waals surface area (Å²) in [7, 11) is 0. The molecule has 7 heteroatoms. The summed E-state index contributed by atoms with van der Waals surface area (Å²) in [6.45, 7) is 1.66. The summed E-state index contributed by atoms with van der Waals surface area (Å²) in [4.78, 5) is 35.2. The summed E-state index contributed by atoms with van der Waals surface area (Å²) in [5.74, 6) is -2.28. The van der Waals surface area contributed by atoms with E-state index in [2.05, 4.69) is 9.97 Å². The van der Waals surface area contributed by atoms with Gasteiger partial charge in [0.25, 0.3) is 11.7 Å². The van der Waals surface area contributed by atoms with Crippen LogP contribution < -0.4 is 0 Å². The Bertz CT molecular complexity index is 1430. The molecule has 1 saturated heterocycles. The van der Waals surface area contributed by atoms with Gasteiger partial charge >= 0.3 is 0 Å². The van der Waals surface area contributed by atoms with Gasteiger partial charge in [0, 0.05) is 34.4 Å². The molecule has 1 unspecified atom stereocenters. The van der Waals surface area contributed by atoms with Crippen molar-refractivity contribution in [1.82, 2.24) is 14.9 Å². The summed E-state index contributed by atoms with van der Waals surface area (Å²) in [6.07, 6.45) is 3.36. The zero-order chi connectivity index (χ0) is 23.1. The van der Waals surface area contributed by atoms with Gasteiger partial charge in [0.05, 0.1) is 23.9 Å². The van der Waals surface area contributed by atoms with Crippen LogP contribution in [0.3, 0.4) is 0 Å². The SMILES string of the molecule is Cc1cc(/C(O)=C2\C(=O)C(=O)N(Cc3ccccn3)C2c2c[nH]c3ccccc23)ccc1F. The van der Waals surface area contributed by atoms with E-state index in [9.17, 15) is 19.1 Å². The van der Waals surface area contributed by atoms with Crippen molar-refractivity contribution in [3.05, 3.63) is 107 Å². The quantitative estimate of drug-likeness (QED) is 0.275. The molecule has 1 atom stereocenters. The minimum atomic E-state index is -0.839. The van der Waals surface area contributed by atoms with E-state index in [1.165, 1.54) is 23.1 Å². The standard InChI is InChI=1S/C26H20FN3O3/c1-15-12-16(9-10-20(15)27)24(31)22-23(19-13-29-21-8-3-2-7-18(19)21)30(26(33)25(22)32)14-17-6-4-5-11-28-17/h2-13,23,29,31H,14H2,1H3/b24-22+. The lowest BCUT2D eigenvalue weighted by molar-refractivity contribution is -0.140. The Hall–Kier alpha value is -4.26. The molecule has 4 aromatic rings. The first-order valence-corrected chi connectivity index (χ1v) is 10.5. The maximum atomic E-state index is 13.8. The van der Waals surface area contributed by atoms with E-state index in [1.54, 1.807) is 37.5 Å². The summed E-state index contributed by atoms with van der Waals surface area (Å²) in [6, 6.07) is 16.1. The van der Waals surface area contributed by atoms with Gasteiger partial charge in [-0.2, -0.15) is 0 Å². The van der Waals surface area contributed by atoms with Gasteiger partial charge in [-0.15, -0.1) is 0 Å². The van der Waals surface area contributed by atoms with Crippen LogP contribution in [0, 0.1) is 12.7 Å². The first-order valence-electron chi connectivity index (χ1n) is 10.5. The molecule has 2 aromatic carbocycles. The van der Waals surface area contributed by atoms with E-state index in [1.807, 2.05) is 24.3 Å². The van der Waals surface area contributed by atoms with Gasteiger partial charge in [-0.1, -0.05) is 24.3 Å². The maximum Gasteiger partial charge on any atom is 0.296 e. The highest BCUT2D eigenvalue weighted by Crippen LogP contribution is 2.42. The molecule has 164 valence electrons. The van der Waals surface area contributed by atoms with Crippen molar-refractivity contribution in [2.24, 2.45) is 0 Å². The van der Waals surface area contributed by atoms with Gasteiger partial charge in [-0.25, -0.2) is 4.39 Å². The number of para-hydroxylation sites is 1. The largest absolute Gasteiger partial charge is 0.507 e. The number of rotatable bonds is 4. The van der Waals surface area contributed by atoms with Crippen LogP contribution in [0.15, 0.2) is 78.6 Å².